The fourth-order valence-corrected chi connectivity index (χ4v) is 2.95. The maximum absolute atomic E-state index is 5.20. The molecule has 1 aliphatic rings. The average Bonchev–Trinajstić information content (AvgIpc) is 2.52. The van der Waals surface area contributed by atoms with Gasteiger partial charge in [0.1, 0.15) is 5.75 Å². The molecule has 0 aromatic heterocycles. The predicted molar refractivity (Wildman–Crippen MR) is 84.4 cm³/mol. The molecule has 20 heavy (non-hydrogen) atoms. The first-order valence-electron chi connectivity index (χ1n) is 7.87. The molecular weight excluding hydrogens is 248 g/mol. The van der Waals surface area contributed by atoms with E-state index in [0.29, 0.717) is 0 Å². The minimum Gasteiger partial charge on any atom is -0.497 e. The summed E-state index contributed by atoms with van der Waals surface area (Å²) in [6.07, 6.45) is 3.86. The molecule has 1 fully saturated rings. The van der Waals surface area contributed by atoms with Gasteiger partial charge in [0.05, 0.1) is 7.11 Å². The minimum absolute atomic E-state index is 0.833. The van der Waals surface area contributed by atoms with Crippen molar-refractivity contribution in [3.63, 3.8) is 0 Å². The highest BCUT2D eigenvalue weighted by Gasteiger charge is 2.18. The van der Waals surface area contributed by atoms with E-state index in [0.717, 1.165) is 24.6 Å². The van der Waals surface area contributed by atoms with Crippen molar-refractivity contribution in [1.29, 1.82) is 0 Å². The number of hydrogen-bond donors (Lipinski definition) is 1. The lowest BCUT2D eigenvalue weighted by Gasteiger charge is -2.32. The van der Waals surface area contributed by atoms with E-state index in [1.807, 2.05) is 0 Å². The van der Waals surface area contributed by atoms with E-state index in [9.17, 15) is 0 Å². The van der Waals surface area contributed by atoms with Crippen LogP contribution in [-0.2, 0) is 6.42 Å². The lowest BCUT2D eigenvalue weighted by molar-refractivity contribution is 0.174. The largest absolute Gasteiger partial charge is 0.497 e. The topological polar surface area (TPSA) is 24.5 Å². The summed E-state index contributed by atoms with van der Waals surface area (Å²) in [5, 5.41) is 3.48. The number of nitrogens with zero attached hydrogens (tertiary/aromatic N) is 1. The molecule has 112 valence electrons. The zero-order valence-electron chi connectivity index (χ0n) is 12.9. The summed E-state index contributed by atoms with van der Waals surface area (Å²) >= 11 is 0. The monoisotopic (exact) mass is 276 g/mol. The fourth-order valence-electron chi connectivity index (χ4n) is 2.95. The Balaban J connectivity index is 1.74. The normalized spacial score (nSPS) is 20.0. The Kier molecular flexibility index (Phi) is 6.34. The Morgan fingerprint density at radius 1 is 1.30 bits per heavy atom. The molecule has 0 aliphatic carbocycles. The van der Waals surface area contributed by atoms with Crippen LogP contribution in [0.1, 0.15) is 25.3 Å². The van der Waals surface area contributed by atoms with E-state index in [-0.39, 0.29) is 0 Å². The molecule has 1 heterocycles. The lowest BCUT2D eigenvalue weighted by Crippen LogP contribution is -2.40. The molecule has 1 unspecified atom stereocenters. The number of likely N-dealkylation sites (tertiary alicyclic amines) is 1. The van der Waals surface area contributed by atoms with Crippen LogP contribution in [-0.4, -0.2) is 44.7 Å². The quantitative estimate of drug-likeness (QED) is 0.828. The maximum Gasteiger partial charge on any atom is 0.118 e. The molecule has 0 spiro atoms. The number of piperidine rings is 1. The highest BCUT2D eigenvalue weighted by atomic mass is 16.5. The zero-order valence-corrected chi connectivity index (χ0v) is 12.9. The van der Waals surface area contributed by atoms with Crippen molar-refractivity contribution in [3.8, 4) is 5.75 Å². The molecule has 1 saturated heterocycles. The first-order valence-corrected chi connectivity index (χ1v) is 7.87. The lowest BCUT2D eigenvalue weighted by atomic mass is 9.97. The Morgan fingerprint density at radius 2 is 2.10 bits per heavy atom. The third-order valence-electron chi connectivity index (χ3n) is 4.16. The maximum atomic E-state index is 5.20. The number of hydrogen-bond acceptors (Lipinski definition) is 3. The van der Waals surface area contributed by atoms with Crippen molar-refractivity contribution in [2.45, 2.75) is 26.2 Å². The third kappa shape index (κ3) is 4.80. The highest BCUT2D eigenvalue weighted by molar-refractivity contribution is 5.27. The van der Waals surface area contributed by atoms with Gasteiger partial charge in [-0.25, -0.2) is 0 Å². The average molecular weight is 276 g/mol. The summed E-state index contributed by atoms with van der Waals surface area (Å²) in [5.74, 6) is 1.77. The third-order valence-corrected chi connectivity index (χ3v) is 4.16. The number of rotatable bonds is 7. The van der Waals surface area contributed by atoms with E-state index in [2.05, 4.69) is 41.4 Å². The second kappa shape index (κ2) is 8.28. The van der Waals surface area contributed by atoms with Crippen LogP contribution in [0.5, 0.6) is 5.75 Å². The van der Waals surface area contributed by atoms with E-state index < -0.39 is 0 Å². The molecular formula is C17H28N2O. The molecule has 1 aliphatic heterocycles. The number of ether oxygens (including phenoxy) is 1. The molecule has 3 nitrogen and oxygen atoms in total. The van der Waals surface area contributed by atoms with Crippen molar-refractivity contribution in [2.75, 3.05) is 39.8 Å². The van der Waals surface area contributed by atoms with Crippen molar-refractivity contribution < 1.29 is 4.74 Å². The predicted octanol–water partition coefficient (Wildman–Crippen LogP) is 2.56. The summed E-state index contributed by atoms with van der Waals surface area (Å²) in [5.41, 5.74) is 1.40. The number of nitrogens with one attached hydrogen (secondary N) is 1. The molecule has 1 N–H and O–H groups in total. The van der Waals surface area contributed by atoms with Crippen molar-refractivity contribution in [2.24, 2.45) is 5.92 Å². The van der Waals surface area contributed by atoms with E-state index in [4.69, 9.17) is 4.74 Å². The zero-order chi connectivity index (χ0) is 14.2. The molecule has 2 rings (SSSR count). The standard InChI is InChI=1S/C17H28N2O/c1-3-18-13-16-5-4-11-19(14-16)12-10-15-6-8-17(20-2)9-7-15/h6-9,16,18H,3-5,10-14H2,1-2H3. The van der Waals surface area contributed by atoms with Gasteiger partial charge in [0.15, 0.2) is 0 Å². The van der Waals surface area contributed by atoms with Crippen LogP contribution < -0.4 is 10.1 Å². The summed E-state index contributed by atoms with van der Waals surface area (Å²) in [7, 11) is 1.72. The van der Waals surface area contributed by atoms with Gasteiger partial charge in [0.25, 0.3) is 0 Å². The Hall–Kier alpha value is -1.06. The Bertz CT molecular complexity index is 377. The summed E-state index contributed by atoms with van der Waals surface area (Å²) in [6.45, 7) is 8.14. The molecule has 0 saturated carbocycles. The molecule has 1 aromatic rings. The van der Waals surface area contributed by atoms with Gasteiger partial charge in [-0.3, -0.25) is 0 Å². The van der Waals surface area contributed by atoms with Crippen LogP contribution in [0.2, 0.25) is 0 Å². The van der Waals surface area contributed by atoms with Gasteiger partial charge >= 0.3 is 0 Å². The smallest absolute Gasteiger partial charge is 0.118 e. The summed E-state index contributed by atoms with van der Waals surface area (Å²) in [6, 6.07) is 8.47. The second-order valence-electron chi connectivity index (χ2n) is 5.71. The Labute approximate surface area is 123 Å². The molecule has 0 bridgehead atoms. The second-order valence-corrected chi connectivity index (χ2v) is 5.71. The summed E-state index contributed by atoms with van der Waals surface area (Å²) < 4.78 is 5.20. The minimum atomic E-state index is 0.833. The van der Waals surface area contributed by atoms with Gasteiger partial charge in [-0.2, -0.15) is 0 Å². The highest BCUT2D eigenvalue weighted by Crippen LogP contribution is 2.17. The van der Waals surface area contributed by atoms with Gasteiger partial charge < -0.3 is 15.0 Å². The molecule has 0 amide bonds. The van der Waals surface area contributed by atoms with Gasteiger partial charge in [0, 0.05) is 13.1 Å². The van der Waals surface area contributed by atoms with E-state index in [1.54, 1.807) is 7.11 Å². The van der Waals surface area contributed by atoms with Crippen molar-refractivity contribution in [3.05, 3.63) is 29.8 Å². The first-order chi connectivity index (χ1) is 9.81. The molecule has 3 heteroatoms. The van der Waals surface area contributed by atoms with Gasteiger partial charge in [-0.1, -0.05) is 19.1 Å². The van der Waals surface area contributed by atoms with E-state index in [1.165, 1.54) is 44.6 Å². The molecule has 1 aromatic carbocycles. The number of benzene rings is 1. The van der Waals surface area contributed by atoms with E-state index >= 15 is 0 Å². The van der Waals surface area contributed by atoms with Gasteiger partial charge in [-0.05, 0) is 62.5 Å². The van der Waals surface area contributed by atoms with Crippen LogP contribution in [0.4, 0.5) is 0 Å². The van der Waals surface area contributed by atoms with Gasteiger partial charge in [-0.15, -0.1) is 0 Å². The molecule has 1 atom stereocenters. The van der Waals surface area contributed by atoms with Crippen LogP contribution in [0.25, 0.3) is 0 Å². The molecule has 0 radical (unpaired) electrons. The number of methoxy groups -OCH3 is 1. The summed E-state index contributed by atoms with van der Waals surface area (Å²) in [4.78, 5) is 2.62. The Morgan fingerprint density at radius 3 is 2.80 bits per heavy atom. The fraction of sp³-hybridized carbons (Fsp3) is 0.647. The van der Waals surface area contributed by atoms with Crippen LogP contribution in [0.3, 0.4) is 0 Å². The van der Waals surface area contributed by atoms with Crippen LogP contribution in [0.15, 0.2) is 24.3 Å². The SMILES string of the molecule is CCNCC1CCCN(CCc2ccc(OC)cc2)C1. The van der Waals surface area contributed by atoms with Crippen LogP contribution in [0, 0.1) is 5.92 Å². The van der Waals surface area contributed by atoms with Gasteiger partial charge in [0.2, 0.25) is 0 Å². The van der Waals surface area contributed by atoms with Crippen LogP contribution >= 0.6 is 0 Å². The van der Waals surface area contributed by atoms with Crippen molar-refractivity contribution in [1.82, 2.24) is 10.2 Å². The first kappa shape index (κ1) is 15.3. The van der Waals surface area contributed by atoms with Crippen molar-refractivity contribution >= 4 is 0 Å².